The molecule has 0 bridgehead atoms. The minimum absolute atomic E-state index is 0.445. The van der Waals surface area contributed by atoms with Crippen LogP contribution in [0.25, 0.3) is 0 Å². The van der Waals surface area contributed by atoms with Crippen LogP contribution in [0.1, 0.15) is 26.2 Å². The number of carboxylic acid groups (broad SMARTS) is 1. The van der Waals surface area contributed by atoms with Crippen LogP contribution in [-0.2, 0) is 14.4 Å². The standard InChI is InChI=1S/C9H17N3O4/c1-2-3-5(10)8(14)12-6(9(15)16)4-7(11)13/h5-6H,2-4,10H2,1H3,(H2,11,13)(H,12,14)(H,15,16)/t5-,6-/m1/s1. The van der Waals surface area contributed by atoms with Crippen LogP contribution >= 0.6 is 0 Å². The number of rotatable bonds is 7. The largest absolute Gasteiger partial charge is 0.480 e. The molecule has 0 aromatic carbocycles. The van der Waals surface area contributed by atoms with E-state index >= 15 is 0 Å². The fourth-order valence-electron chi connectivity index (χ4n) is 1.12. The molecule has 0 spiro atoms. The number of hydrogen-bond acceptors (Lipinski definition) is 4. The van der Waals surface area contributed by atoms with Crippen molar-refractivity contribution in [1.29, 1.82) is 0 Å². The summed E-state index contributed by atoms with van der Waals surface area (Å²) in [7, 11) is 0. The van der Waals surface area contributed by atoms with Crippen LogP contribution in [0.2, 0.25) is 0 Å². The van der Waals surface area contributed by atoms with Crippen molar-refractivity contribution in [2.75, 3.05) is 0 Å². The highest BCUT2D eigenvalue weighted by molar-refractivity contribution is 5.89. The molecule has 7 heteroatoms. The van der Waals surface area contributed by atoms with E-state index in [4.69, 9.17) is 16.6 Å². The topological polar surface area (TPSA) is 136 Å². The van der Waals surface area contributed by atoms with E-state index in [1.54, 1.807) is 0 Å². The van der Waals surface area contributed by atoms with E-state index in [1.807, 2.05) is 6.92 Å². The molecular formula is C9H17N3O4. The van der Waals surface area contributed by atoms with Gasteiger partial charge in [-0.05, 0) is 6.42 Å². The third-order valence-corrected chi connectivity index (χ3v) is 1.96. The molecule has 16 heavy (non-hydrogen) atoms. The van der Waals surface area contributed by atoms with Crippen molar-refractivity contribution in [1.82, 2.24) is 5.32 Å². The van der Waals surface area contributed by atoms with Gasteiger partial charge < -0.3 is 21.9 Å². The molecule has 7 nitrogen and oxygen atoms in total. The summed E-state index contributed by atoms with van der Waals surface area (Å²) >= 11 is 0. The van der Waals surface area contributed by atoms with E-state index in [2.05, 4.69) is 5.32 Å². The highest BCUT2D eigenvalue weighted by Crippen LogP contribution is 1.97. The van der Waals surface area contributed by atoms with E-state index in [9.17, 15) is 14.4 Å². The molecule has 0 saturated carbocycles. The van der Waals surface area contributed by atoms with Crippen molar-refractivity contribution in [3.05, 3.63) is 0 Å². The van der Waals surface area contributed by atoms with Crippen LogP contribution in [0.15, 0.2) is 0 Å². The first-order chi connectivity index (χ1) is 7.38. The molecule has 2 atom stereocenters. The Labute approximate surface area is 93.2 Å². The third kappa shape index (κ3) is 5.30. The molecule has 0 radical (unpaired) electrons. The zero-order valence-electron chi connectivity index (χ0n) is 9.10. The number of aliphatic carboxylic acids is 1. The van der Waals surface area contributed by atoms with Gasteiger partial charge in [0.2, 0.25) is 11.8 Å². The lowest BCUT2D eigenvalue weighted by Crippen LogP contribution is -2.49. The normalized spacial score (nSPS) is 13.9. The molecule has 0 rings (SSSR count). The minimum Gasteiger partial charge on any atom is -0.480 e. The molecule has 6 N–H and O–H groups in total. The van der Waals surface area contributed by atoms with Crippen molar-refractivity contribution in [2.45, 2.75) is 38.3 Å². The lowest BCUT2D eigenvalue weighted by molar-refractivity contribution is -0.143. The fraction of sp³-hybridized carbons (Fsp3) is 0.667. The summed E-state index contributed by atoms with van der Waals surface area (Å²) in [4.78, 5) is 32.6. The summed E-state index contributed by atoms with van der Waals surface area (Å²) in [6.07, 6.45) is 0.719. The Balaban J connectivity index is 4.34. The molecule has 0 heterocycles. The summed E-state index contributed by atoms with van der Waals surface area (Å²) < 4.78 is 0. The first kappa shape index (κ1) is 14.4. The number of carboxylic acids is 1. The molecule has 2 amide bonds. The number of carbonyl (C=O) groups excluding carboxylic acids is 2. The van der Waals surface area contributed by atoms with Gasteiger partial charge >= 0.3 is 5.97 Å². The van der Waals surface area contributed by atoms with Crippen molar-refractivity contribution < 1.29 is 19.5 Å². The summed E-state index contributed by atoms with van der Waals surface area (Å²) in [5.41, 5.74) is 10.3. The highest BCUT2D eigenvalue weighted by Gasteiger charge is 2.24. The lowest BCUT2D eigenvalue weighted by atomic mass is 10.1. The molecular weight excluding hydrogens is 214 g/mol. The number of carbonyl (C=O) groups is 3. The maximum atomic E-state index is 11.4. The smallest absolute Gasteiger partial charge is 0.326 e. The SMILES string of the molecule is CCC[C@@H](N)C(=O)N[C@H](CC(N)=O)C(=O)O. The van der Waals surface area contributed by atoms with E-state index in [-0.39, 0.29) is 0 Å². The zero-order chi connectivity index (χ0) is 12.7. The van der Waals surface area contributed by atoms with Crippen molar-refractivity contribution in [3.8, 4) is 0 Å². The van der Waals surface area contributed by atoms with Crippen LogP contribution in [0.4, 0.5) is 0 Å². The monoisotopic (exact) mass is 231 g/mol. The summed E-state index contributed by atoms with van der Waals surface area (Å²) in [6.45, 7) is 1.85. The maximum Gasteiger partial charge on any atom is 0.326 e. The number of hydrogen-bond donors (Lipinski definition) is 4. The quantitative estimate of drug-likeness (QED) is 0.425. The van der Waals surface area contributed by atoms with E-state index in [1.165, 1.54) is 0 Å². The molecule has 0 unspecified atom stereocenters. The molecule has 0 aliphatic carbocycles. The molecule has 0 aliphatic heterocycles. The predicted octanol–water partition coefficient (Wildman–Crippen LogP) is -1.44. The second-order valence-electron chi connectivity index (χ2n) is 3.47. The first-order valence-corrected chi connectivity index (χ1v) is 4.95. The Bertz CT molecular complexity index is 280. The van der Waals surface area contributed by atoms with Gasteiger partial charge in [-0.1, -0.05) is 13.3 Å². The molecule has 0 aromatic heterocycles. The Hall–Kier alpha value is -1.63. The number of nitrogens with two attached hydrogens (primary N) is 2. The lowest BCUT2D eigenvalue weighted by Gasteiger charge is -2.16. The Kier molecular flexibility index (Phi) is 6.09. The molecule has 92 valence electrons. The average molecular weight is 231 g/mol. The summed E-state index contributed by atoms with van der Waals surface area (Å²) in [5.74, 6) is -2.69. The van der Waals surface area contributed by atoms with Gasteiger partial charge in [0, 0.05) is 0 Å². The van der Waals surface area contributed by atoms with Crippen LogP contribution in [0, 0.1) is 0 Å². The van der Waals surface area contributed by atoms with Crippen molar-refractivity contribution >= 4 is 17.8 Å². The Morgan fingerprint density at radius 2 is 1.94 bits per heavy atom. The first-order valence-electron chi connectivity index (χ1n) is 4.95. The van der Waals surface area contributed by atoms with Gasteiger partial charge in [-0.2, -0.15) is 0 Å². The van der Waals surface area contributed by atoms with Crippen molar-refractivity contribution in [3.63, 3.8) is 0 Å². The summed E-state index contributed by atoms with van der Waals surface area (Å²) in [6, 6.07) is -2.08. The molecule has 0 aliphatic rings. The van der Waals surface area contributed by atoms with Crippen molar-refractivity contribution in [2.24, 2.45) is 11.5 Å². The second kappa shape index (κ2) is 6.78. The number of amides is 2. The second-order valence-corrected chi connectivity index (χ2v) is 3.47. The highest BCUT2D eigenvalue weighted by atomic mass is 16.4. The molecule has 0 saturated heterocycles. The third-order valence-electron chi connectivity index (χ3n) is 1.96. The fourth-order valence-corrected chi connectivity index (χ4v) is 1.12. The Morgan fingerprint density at radius 3 is 2.31 bits per heavy atom. The molecule has 0 fully saturated rings. The van der Waals surface area contributed by atoms with Gasteiger partial charge in [0.1, 0.15) is 6.04 Å². The maximum absolute atomic E-state index is 11.4. The Morgan fingerprint density at radius 1 is 1.38 bits per heavy atom. The minimum atomic E-state index is -1.31. The molecule has 0 aromatic rings. The number of primary amides is 1. The van der Waals surface area contributed by atoms with Gasteiger partial charge in [0.25, 0.3) is 0 Å². The van der Waals surface area contributed by atoms with Gasteiger partial charge in [-0.25, -0.2) is 4.79 Å². The van der Waals surface area contributed by atoms with E-state index in [0.717, 1.165) is 0 Å². The van der Waals surface area contributed by atoms with Gasteiger partial charge in [-0.3, -0.25) is 9.59 Å². The van der Waals surface area contributed by atoms with Crippen LogP contribution in [-0.4, -0.2) is 35.0 Å². The predicted molar refractivity (Wildman–Crippen MR) is 56.3 cm³/mol. The van der Waals surface area contributed by atoms with Gasteiger partial charge in [0.15, 0.2) is 0 Å². The summed E-state index contributed by atoms with van der Waals surface area (Å²) in [5, 5.41) is 10.9. The van der Waals surface area contributed by atoms with Crippen LogP contribution in [0.5, 0.6) is 0 Å². The zero-order valence-corrected chi connectivity index (χ0v) is 9.10. The van der Waals surface area contributed by atoms with Crippen LogP contribution < -0.4 is 16.8 Å². The van der Waals surface area contributed by atoms with Gasteiger partial charge in [0.05, 0.1) is 12.5 Å². The average Bonchev–Trinajstić information content (AvgIpc) is 2.16. The number of nitrogens with one attached hydrogen (secondary N) is 1. The van der Waals surface area contributed by atoms with E-state index < -0.39 is 36.3 Å². The van der Waals surface area contributed by atoms with Gasteiger partial charge in [-0.15, -0.1) is 0 Å². The van der Waals surface area contributed by atoms with E-state index in [0.29, 0.717) is 12.8 Å². The van der Waals surface area contributed by atoms with Crippen LogP contribution in [0.3, 0.4) is 0 Å².